The third-order valence-electron chi connectivity index (χ3n) is 3.72. The molecule has 0 atom stereocenters. The number of nitrogens with one attached hydrogen (secondary N) is 2. The highest BCUT2D eigenvalue weighted by atomic mass is 15.3. The predicted octanol–water partition coefficient (Wildman–Crippen LogP) is 3.84. The summed E-state index contributed by atoms with van der Waals surface area (Å²) in [5.74, 6) is 1.17. The van der Waals surface area contributed by atoms with Gasteiger partial charge in [0.15, 0.2) is 5.82 Å². The Bertz CT molecular complexity index is 786. The smallest absolute Gasteiger partial charge is 0.244 e. The lowest BCUT2D eigenvalue weighted by molar-refractivity contribution is 0.948. The van der Waals surface area contributed by atoms with E-state index in [1.165, 1.54) is 16.7 Å². The lowest BCUT2D eigenvalue weighted by atomic mass is 10.1. The van der Waals surface area contributed by atoms with Crippen LogP contribution in [0.15, 0.2) is 54.7 Å². The van der Waals surface area contributed by atoms with Gasteiger partial charge in [-0.2, -0.15) is 10.1 Å². The van der Waals surface area contributed by atoms with Crippen molar-refractivity contribution in [3.05, 3.63) is 71.4 Å². The van der Waals surface area contributed by atoms with Gasteiger partial charge in [0.05, 0.1) is 6.20 Å². The van der Waals surface area contributed by atoms with E-state index >= 15 is 0 Å². The SMILES string of the molecule is Cc1cccc(Nc2cnnc(NCc3ccccc3)n2)c1C. The zero-order chi connectivity index (χ0) is 16.1. The van der Waals surface area contributed by atoms with E-state index in [-0.39, 0.29) is 0 Å². The summed E-state index contributed by atoms with van der Waals surface area (Å²) in [4.78, 5) is 4.46. The summed E-state index contributed by atoms with van der Waals surface area (Å²) in [6, 6.07) is 16.3. The predicted molar refractivity (Wildman–Crippen MR) is 92.8 cm³/mol. The van der Waals surface area contributed by atoms with Crippen molar-refractivity contribution in [2.75, 3.05) is 10.6 Å². The molecule has 1 heterocycles. The van der Waals surface area contributed by atoms with Gasteiger partial charge in [0.2, 0.25) is 5.95 Å². The zero-order valence-electron chi connectivity index (χ0n) is 13.2. The van der Waals surface area contributed by atoms with Gasteiger partial charge in [-0.3, -0.25) is 0 Å². The number of nitrogens with zero attached hydrogens (tertiary/aromatic N) is 3. The molecule has 2 N–H and O–H groups in total. The number of rotatable bonds is 5. The molecule has 3 rings (SSSR count). The van der Waals surface area contributed by atoms with Crippen molar-refractivity contribution in [3.8, 4) is 0 Å². The summed E-state index contributed by atoms with van der Waals surface area (Å²) >= 11 is 0. The molecule has 0 aliphatic heterocycles. The lowest BCUT2D eigenvalue weighted by Gasteiger charge is -2.11. The first kappa shape index (κ1) is 15.0. The Hall–Kier alpha value is -2.95. The number of benzene rings is 2. The first-order chi connectivity index (χ1) is 11.2. The van der Waals surface area contributed by atoms with Crippen LogP contribution >= 0.6 is 0 Å². The van der Waals surface area contributed by atoms with E-state index in [1.54, 1.807) is 6.20 Å². The third kappa shape index (κ3) is 3.83. The van der Waals surface area contributed by atoms with E-state index in [1.807, 2.05) is 30.3 Å². The van der Waals surface area contributed by atoms with Crippen LogP contribution in [0, 0.1) is 13.8 Å². The number of hydrogen-bond donors (Lipinski definition) is 2. The monoisotopic (exact) mass is 305 g/mol. The molecule has 0 fully saturated rings. The highest BCUT2D eigenvalue weighted by Crippen LogP contribution is 2.21. The van der Waals surface area contributed by atoms with Crippen LogP contribution < -0.4 is 10.6 Å². The maximum absolute atomic E-state index is 4.46. The molecule has 1 aromatic heterocycles. The van der Waals surface area contributed by atoms with E-state index < -0.39 is 0 Å². The Morgan fingerprint density at radius 2 is 1.78 bits per heavy atom. The van der Waals surface area contributed by atoms with Gasteiger partial charge in [-0.25, -0.2) is 0 Å². The maximum Gasteiger partial charge on any atom is 0.244 e. The third-order valence-corrected chi connectivity index (χ3v) is 3.72. The van der Waals surface area contributed by atoms with E-state index in [4.69, 9.17) is 0 Å². The van der Waals surface area contributed by atoms with Gasteiger partial charge in [-0.1, -0.05) is 42.5 Å². The number of aryl methyl sites for hydroxylation is 1. The molecule has 3 aromatic rings. The van der Waals surface area contributed by atoms with Gasteiger partial charge in [-0.15, -0.1) is 5.10 Å². The topological polar surface area (TPSA) is 62.7 Å². The Labute approximate surface area is 135 Å². The summed E-state index contributed by atoms with van der Waals surface area (Å²) in [5.41, 5.74) is 4.63. The quantitative estimate of drug-likeness (QED) is 0.750. The first-order valence-corrected chi connectivity index (χ1v) is 7.53. The minimum Gasteiger partial charge on any atom is -0.349 e. The van der Waals surface area contributed by atoms with Crippen molar-refractivity contribution >= 4 is 17.5 Å². The molecule has 23 heavy (non-hydrogen) atoms. The van der Waals surface area contributed by atoms with Gasteiger partial charge in [0.1, 0.15) is 0 Å². The van der Waals surface area contributed by atoms with Crippen molar-refractivity contribution in [1.82, 2.24) is 15.2 Å². The molecule has 0 bridgehead atoms. The maximum atomic E-state index is 4.46. The summed E-state index contributed by atoms with van der Waals surface area (Å²) in [6.07, 6.45) is 1.62. The van der Waals surface area contributed by atoms with Crippen LogP contribution in [0.2, 0.25) is 0 Å². The van der Waals surface area contributed by atoms with Crippen molar-refractivity contribution < 1.29 is 0 Å². The summed E-state index contributed by atoms with van der Waals surface area (Å²) in [5, 5.41) is 14.5. The van der Waals surface area contributed by atoms with E-state index in [0.29, 0.717) is 18.3 Å². The van der Waals surface area contributed by atoms with Crippen LogP contribution in [0.25, 0.3) is 0 Å². The minimum absolute atomic E-state index is 0.504. The highest BCUT2D eigenvalue weighted by Gasteiger charge is 2.04. The Morgan fingerprint density at radius 3 is 2.61 bits per heavy atom. The second-order valence-corrected chi connectivity index (χ2v) is 5.38. The molecule has 5 nitrogen and oxygen atoms in total. The Morgan fingerprint density at radius 1 is 0.957 bits per heavy atom. The second-order valence-electron chi connectivity index (χ2n) is 5.38. The van der Waals surface area contributed by atoms with Crippen molar-refractivity contribution in [3.63, 3.8) is 0 Å². The average molecular weight is 305 g/mol. The minimum atomic E-state index is 0.504. The van der Waals surface area contributed by atoms with E-state index in [0.717, 1.165) is 5.69 Å². The molecule has 0 aliphatic carbocycles. The fourth-order valence-corrected chi connectivity index (χ4v) is 2.24. The Kier molecular flexibility index (Phi) is 4.47. The molecule has 116 valence electrons. The van der Waals surface area contributed by atoms with Crippen molar-refractivity contribution in [2.45, 2.75) is 20.4 Å². The zero-order valence-corrected chi connectivity index (χ0v) is 13.2. The number of hydrogen-bond acceptors (Lipinski definition) is 5. The van der Waals surface area contributed by atoms with Crippen molar-refractivity contribution in [1.29, 1.82) is 0 Å². The molecule has 2 aromatic carbocycles. The molecule has 0 spiro atoms. The molecule has 0 saturated carbocycles. The summed E-state index contributed by atoms with van der Waals surface area (Å²) in [6.45, 7) is 4.84. The molecule has 0 radical (unpaired) electrons. The molecule has 0 unspecified atom stereocenters. The molecule has 0 saturated heterocycles. The van der Waals surface area contributed by atoms with Gasteiger partial charge in [0, 0.05) is 12.2 Å². The van der Waals surface area contributed by atoms with Crippen LogP contribution in [0.1, 0.15) is 16.7 Å². The van der Waals surface area contributed by atoms with E-state index in [9.17, 15) is 0 Å². The molecule has 0 aliphatic rings. The molecular weight excluding hydrogens is 286 g/mol. The molecule has 5 heteroatoms. The standard InChI is InChI=1S/C18H19N5/c1-13-7-6-10-16(14(13)2)21-17-12-20-23-18(22-17)19-11-15-8-4-3-5-9-15/h3-10,12H,11H2,1-2H3,(H2,19,21,22,23). The molecule has 0 amide bonds. The number of aromatic nitrogens is 3. The normalized spacial score (nSPS) is 10.3. The molecular formula is C18H19N5. The van der Waals surface area contributed by atoms with Crippen LogP contribution in [-0.2, 0) is 6.54 Å². The Balaban J connectivity index is 1.71. The highest BCUT2D eigenvalue weighted by molar-refractivity contribution is 5.61. The van der Waals surface area contributed by atoms with Gasteiger partial charge >= 0.3 is 0 Å². The summed E-state index contributed by atoms with van der Waals surface area (Å²) < 4.78 is 0. The van der Waals surface area contributed by atoms with Gasteiger partial charge < -0.3 is 10.6 Å². The second kappa shape index (κ2) is 6.87. The van der Waals surface area contributed by atoms with Crippen LogP contribution in [0.5, 0.6) is 0 Å². The van der Waals surface area contributed by atoms with Gasteiger partial charge in [-0.05, 0) is 36.6 Å². The first-order valence-electron chi connectivity index (χ1n) is 7.53. The fraction of sp³-hybridized carbons (Fsp3) is 0.167. The van der Waals surface area contributed by atoms with E-state index in [2.05, 4.69) is 57.9 Å². The summed E-state index contributed by atoms with van der Waals surface area (Å²) in [7, 11) is 0. The number of anilines is 3. The van der Waals surface area contributed by atoms with Crippen LogP contribution in [-0.4, -0.2) is 15.2 Å². The largest absolute Gasteiger partial charge is 0.349 e. The van der Waals surface area contributed by atoms with Crippen LogP contribution in [0.4, 0.5) is 17.5 Å². The van der Waals surface area contributed by atoms with Crippen LogP contribution in [0.3, 0.4) is 0 Å². The van der Waals surface area contributed by atoms with Crippen molar-refractivity contribution in [2.24, 2.45) is 0 Å². The fourth-order valence-electron chi connectivity index (χ4n) is 2.24. The lowest BCUT2D eigenvalue weighted by Crippen LogP contribution is -2.06. The van der Waals surface area contributed by atoms with Gasteiger partial charge in [0.25, 0.3) is 0 Å². The average Bonchev–Trinajstić information content (AvgIpc) is 2.59.